The van der Waals surface area contributed by atoms with Gasteiger partial charge in [0, 0.05) is 5.70 Å². The van der Waals surface area contributed by atoms with Crippen LogP contribution in [0.4, 0.5) is 0 Å². The Bertz CT molecular complexity index is 95.9. The van der Waals surface area contributed by atoms with Gasteiger partial charge in [0.2, 0.25) is 0 Å². The summed E-state index contributed by atoms with van der Waals surface area (Å²) in [6.45, 7) is 0. The Morgan fingerprint density at radius 3 is 2.29 bits per heavy atom. The molecule has 4 N–H and O–H groups in total. The average Bonchev–Trinajstić information content (AvgIpc) is 1.68. The summed E-state index contributed by atoms with van der Waals surface area (Å²) in [5.74, 6) is 0. The van der Waals surface area contributed by atoms with Gasteiger partial charge in [-0.3, -0.25) is 0 Å². The van der Waals surface area contributed by atoms with E-state index in [1.807, 2.05) is 22.6 Å². The molecule has 0 radical (unpaired) electrons. The lowest BCUT2D eigenvalue weighted by molar-refractivity contribution is 1.42. The van der Waals surface area contributed by atoms with Crippen LogP contribution in [0.3, 0.4) is 0 Å². The zero-order valence-corrected chi connectivity index (χ0v) is 5.92. The van der Waals surface area contributed by atoms with Gasteiger partial charge in [-0.2, -0.15) is 0 Å². The summed E-state index contributed by atoms with van der Waals surface area (Å²) in [5, 5.41) is 0. The van der Waals surface area contributed by atoms with Crippen molar-refractivity contribution < 1.29 is 0 Å². The first-order valence-electron chi connectivity index (χ1n) is 1.75. The largest absolute Gasteiger partial charge is 0.405 e. The van der Waals surface area contributed by atoms with E-state index in [0.717, 1.165) is 0 Å². The fraction of sp³-hybridized carbons (Fsp3) is 0. The van der Waals surface area contributed by atoms with Crippen LogP contribution in [0.25, 0.3) is 0 Å². The number of hydrogen-bond donors (Lipinski definition) is 2. The van der Waals surface area contributed by atoms with E-state index >= 15 is 0 Å². The molecule has 0 aliphatic rings. The molecule has 3 heteroatoms. The fourth-order valence-corrected chi connectivity index (χ4v) is 0.355. The van der Waals surface area contributed by atoms with Crippen LogP contribution in [0.1, 0.15) is 0 Å². The third kappa shape index (κ3) is 3.65. The molecule has 0 atom stereocenters. The van der Waals surface area contributed by atoms with Crippen molar-refractivity contribution in [2.75, 3.05) is 0 Å². The molecule has 2 nitrogen and oxygen atoms in total. The normalized spacial score (nSPS) is 13.0. The van der Waals surface area contributed by atoms with Gasteiger partial charge in [0.25, 0.3) is 0 Å². The molecule has 0 aromatic rings. The second-order valence-corrected chi connectivity index (χ2v) is 1.59. The van der Waals surface area contributed by atoms with Crippen LogP contribution in [0.15, 0.2) is 22.1 Å². The fourth-order valence-electron chi connectivity index (χ4n) is 0.147. The van der Waals surface area contributed by atoms with Crippen molar-refractivity contribution >= 4 is 22.6 Å². The van der Waals surface area contributed by atoms with E-state index in [0.29, 0.717) is 5.70 Å². The smallest absolute Gasteiger partial charge is 0.0389 e. The van der Waals surface area contributed by atoms with Crippen LogP contribution >= 0.6 is 22.6 Å². The lowest BCUT2D eigenvalue weighted by Gasteiger charge is -1.81. The molecular weight excluding hydrogens is 203 g/mol. The van der Waals surface area contributed by atoms with Crippen LogP contribution in [-0.4, -0.2) is 0 Å². The topological polar surface area (TPSA) is 52.0 Å². The summed E-state index contributed by atoms with van der Waals surface area (Å²) in [4.78, 5) is 0. The number of rotatable bonds is 1. The molecule has 7 heavy (non-hydrogen) atoms. The predicted molar refractivity (Wildman–Crippen MR) is 39.6 cm³/mol. The van der Waals surface area contributed by atoms with Crippen LogP contribution in [0, 0.1) is 0 Å². The Morgan fingerprint density at radius 2 is 2.14 bits per heavy atom. The van der Waals surface area contributed by atoms with Gasteiger partial charge in [0.05, 0.1) is 0 Å². The molecule has 0 amide bonds. The van der Waals surface area contributed by atoms with Gasteiger partial charge in [0.15, 0.2) is 0 Å². The lowest BCUT2D eigenvalue weighted by Crippen LogP contribution is -1.91. The molecule has 0 heterocycles. The third-order valence-corrected chi connectivity index (χ3v) is 1.13. The lowest BCUT2D eigenvalue weighted by atomic mass is 10.5. The predicted octanol–water partition coefficient (Wildman–Crippen LogP) is 0.694. The standard InChI is InChI=1S/C4H7IN2/c5-3-4(7)1-2-6/h1-3H,6-7H2/b2-1-,4-3+. The van der Waals surface area contributed by atoms with Crippen molar-refractivity contribution in [1.29, 1.82) is 0 Å². The SMILES string of the molecule is N/C=C\C(N)=C/I. The summed E-state index contributed by atoms with van der Waals surface area (Å²) in [6, 6.07) is 0. The summed E-state index contributed by atoms with van der Waals surface area (Å²) >= 11 is 2.04. The van der Waals surface area contributed by atoms with Gasteiger partial charge < -0.3 is 11.5 Å². The van der Waals surface area contributed by atoms with E-state index in [-0.39, 0.29) is 0 Å². The second kappa shape index (κ2) is 3.98. The van der Waals surface area contributed by atoms with Crippen molar-refractivity contribution in [2.24, 2.45) is 11.5 Å². The molecule has 0 saturated heterocycles. The van der Waals surface area contributed by atoms with Crippen LogP contribution in [0.2, 0.25) is 0 Å². The monoisotopic (exact) mass is 210 g/mol. The van der Waals surface area contributed by atoms with E-state index in [1.54, 1.807) is 10.2 Å². The molecule has 0 rings (SSSR count). The van der Waals surface area contributed by atoms with Crippen molar-refractivity contribution in [3.8, 4) is 0 Å². The second-order valence-electron chi connectivity index (χ2n) is 0.968. The summed E-state index contributed by atoms with van der Waals surface area (Å²) in [6.07, 6.45) is 3.04. The van der Waals surface area contributed by atoms with Gasteiger partial charge in [-0.15, -0.1) is 0 Å². The first-order valence-corrected chi connectivity index (χ1v) is 3.00. The van der Waals surface area contributed by atoms with Gasteiger partial charge in [-0.05, 0) is 16.4 Å². The molecule has 0 fully saturated rings. The average molecular weight is 210 g/mol. The van der Waals surface area contributed by atoms with Crippen molar-refractivity contribution in [3.05, 3.63) is 22.1 Å². The Balaban J connectivity index is 3.58. The minimum Gasteiger partial charge on any atom is -0.405 e. The maximum Gasteiger partial charge on any atom is 0.0389 e. The zero-order valence-electron chi connectivity index (χ0n) is 3.76. The molecule has 0 saturated carbocycles. The maximum atomic E-state index is 5.27. The van der Waals surface area contributed by atoms with Crippen molar-refractivity contribution in [3.63, 3.8) is 0 Å². The minimum atomic E-state index is 0.683. The van der Waals surface area contributed by atoms with Crippen LogP contribution in [-0.2, 0) is 0 Å². The quantitative estimate of drug-likeness (QED) is 0.494. The first kappa shape index (κ1) is 6.81. The number of allylic oxidation sites excluding steroid dienone is 1. The van der Waals surface area contributed by atoms with Gasteiger partial charge >= 0.3 is 0 Å². The van der Waals surface area contributed by atoms with Gasteiger partial charge in [-0.1, -0.05) is 22.6 Å². The van der Waals surface area contributed by atoms with E-state index in [1.165, 1.54) is 6.20 Å². The maximum absolute atomic E-state index is 5.27. The zero-order chi connectivity index (χ0) is 5.70. The number of nitrogens with two attached hydrogens (primary N) is 2. The third-order valence-electron chi connectivity index (χ3n) is 0.415. The minimum absolute atomic E-state index is 0.683. The molecule has 40 valence electrons. The Kier molecular flexibility index (Phi) is 3.87. The van der Waals surface area contributed by atoms with Crippen LogP contribution < -0.4 is 11.5 Å². The van der Waals surface area contributed by atoms with Gasteiger partial charge in [0.1, 0.15) is 0 Å². The molecule has 0 bridgehead atoms. The molecular formula is C4H7IN2. The highest BCUT2D eigenvalue weighted by Gasteiger charge is 1.71. The molecule has 0 unspecified atom stereocenters. The molecule has 0 aromatic carbocycles. The molecule has 0 aliphatic heterocycles. The molecule has 0 spiro atoms. The first-order chi connectivity index (χ1) is 3.31. The Hall–Kier alpha value is -0.190. The van der Waals surface area contributed by atoms with E-state index in [2.05, 4.69) is 0 Å². The Morgan fingerprint density at radius 1 is 1.57 bits per heavy atom. The van der Waals surface area contributed by atoms with E-state index in [9.17, 15) is 0 Å². The van der Waals surface area contributed by atoms with Crippen LogP contribution in [0.5, 0.6) is 0 Å². The highest BCUT2D eigenvalue weighted by molar-refractivity contribution is 14.1. The van der Waals surface area contributed by atoms with E-state index < -0.39 is 0 Å². The number of hydrogen-bond acceptors (Lipinski definition) is 2. The molecule has 0 aliphatic carbocycles. The summed E-state index contributed by atoms with van der Waals surface area (Å²) in [7, 11) is 0. The number of halogens is 1. The highest BCUT2D eigenvalue weighted by atomic mass is 127. The summed E-state index contributed by atoms with van der Waals surface area (Å²) < 4.78 is 1.75. The molecule has 0 aromatic heterocycles. The van der Waals surface area contributed by atoms with Crippen molar-refractivity contribution in [1.82, 2.24) is 0 Å². The summed E-state index contributed by atoms with van der Waals surface area (Å²) in [5.41, 5.74) is 11.0. The van der Waals surface area contributed by atoms with E-state index in [4.69, 9.17) is 11.5 Å². The van der Waals surface area contributed by atoms with Gasteiger partial charge in [-0.25, -0.2) is 0 Å². The highest BCUT2D eigenvalue weighted by Crippen LogP contribution is 1.90. The Labute approximate surface area is 56.4 Å². The van der Waals surface area contributed by atoms with Crippen molar-refractivity contribution in [2.45, 2.75) is 0 Å².